The van der Waals surface area contributed by atoms with E-state index >= 15 is 0 Å². The molecule has 0 atom stereocenters. The van der Waals surface area contributed by atoms with E-state index in [1.807, 2.05) is 0 Å². The van der Waals surface area contributed by atoms with Gasteiger partial charge in [0.2, 0.25) is 0 Å². The van der Waals surface area contributed by atoms with E-state index in [0.29, 0.717) is 6.54 Å². The van der Waals surface area contributed by atoms with Crippen LogP contribution in [0.1, 0.15) is 22.8 Å². The van der Waals surface area contributed by atoms with Crippen molar-refractivity contribution in [3.8, 4) is 12.3 Å². The molecule has 0 bridgehead atoms. The number of hydrogen-bond acceptors (Lipinski definition) is 1. The molecule has 0 heterocycles. The standard InChI is InChI=1S/C13H14FNO/c1-4-8-15(5-2)13(16)11-7-6-10(3)9-12(11)14/h1,6-7,9H,5,8H2,2-3H3. The van der Waals surface area contributed by atoms with Gasteiger partial charge < -0.3 is 4.90 Å². The number of rotatable bonds is 3. The van der Waals surface area contributed by atoms with Gasteiger partial charge in [0.25, 0.3) is 5.91 Å². The monoisotopic (exact) mass is 219 g/mol. The number of carbonyl (C=O) groups excluding carboxylic acids is 1. The smallest absolute Gasteiger partial charge is 0.257 e. The van der Waals surface area contributed by atoms with Crippen molar-refractivity contribution in [2.75, 3.05) is 13.1 Å². The Balaban J connectivity index is 3.00. The van der Waals surface area contributed by atoms with Crippen LogP contribution < -0.4 is 0 Å². The number of terminal acetylenes is 1. The highest BCUT2D eigenvalue weighted by Gasteiger charge is 2.16. The lowest BCUT2D eigenvalue weighted by molar-refractivity contribution is 0.0780. The molecule has 0 saturated carbocycles. The maximum Gasteiger partial charge on any atom is 0.257 e. The SMILES string of the molecule is C#CCN(CC)C(=O)c1ccc(C)cc1F. The summed E-state index contributed by atoms with van der Waals surface area (Å²) < 4.78 is 13.5. The first-order chi connectivity index (χ1) is 7.60. The lowest BCUT2D eigenvalue weighted by Gasteiger charge is -2.18. The van der Waals surface area contributed by atoms with Crippen molar-refractivity contribution in [1.29, 1.82) is 0 Å². The fourth-order valence-electron chi connectivity index (χ4n) is 1.40. The van der Waals surface area contributed by atoms with E-state index in [1.165, 1.54) is 17.0 Å². The normalized spacial score (nSPS) is 9.62. The van der Waals surface area contributed by atoms with E-state index in [9.17, 15) is 9.18 Å². The minimum atomic E-state index is -0.500. The predicted octanol–water partition coefficient (Wildman–Crippen LogP) is 2.23. The van der Waals surface area contributed by atoms with Crippen LogP contribution in [0.25, 0.3) is 0 Å². The summed E-state index contributed by atoms with van der Waals surface area (Å²) in [5.41, 5.74) is 0.858. The summed E-state index contributed by atoms with van der Waals surface area (Å²) in [4.78, 5) is 13.3. The molecule has 3 heteroatoms. The third kappa shape index (κ3) is 2.60. The third-order valence-corrected chi connectivity index (χ3v) is 2.31. The maximum atomic E-state index is 13.5. The lowest BCUT2D eigenvalue weighted by Crippen LogP contribution is -2.31. The molecule has 0 saturated heterocycles. The van der Waals surface area contributed by atoms with E-state index < -0.39 is 5.82 Å². The Kier molecular flexibility index (Phi) is 4.07. The number of nitrogens with zero attached hydrogens (tertiary/aromatic N) is 1. The van der Waals surface area contributed by atoms with Crippen LogP contribution in [-0.4, -0.2) is 23.9 Å². The lowest BCUT2D eigenvalue weighted by atomic mass is 10.1. The zero-order valence-electron chi connectivity index (χ0n) is 9.46. The summed E-state index contributed by atoms with van der Waals surface area (Å²) >= 11 is 0. The van der Waals surface area contributed by atoms with Crippen molar-refractivity contribution in [3.63, 3.8) is 0 Å². The molecule has 0 fully saturated rings. The summed E-state index contributed by atoms with van der Waals surface area (Å²) in [5.74, 6) is 1.52. The van der Waals surface area contributed by atoms with Crippen LogP contribution in [0.15, 0.2) is 18.2 Å². The molecule has 1 rings (SSSR count). The van der Waals surface area contributed by atoms with E-state index in [4.69, 9.17) is 6.42 Å². The molecule has 0 unspecified atom stereocenters. The highest BCUT2D eigenvalue weighted by molar-refractivity contribution is 5.94. The number of halogens is 1. The first kappa shape index (κ1) is 12.3. The Bertz CT molecular complexity index is 434. The van der Waals surface area contributed by atoms with E-state index in [2.05, 4.69) is 5.92 Å². The Morgan fingerprint density at radius 3 is 2.75 bits per heavy atom. The van der Waals surface area contributed by atoms with Crippen molar-refractivity contribution >= 4 is 5.91 Å². The minimum absolute atomic E-state index is 0.0719. The van der Waals surface area contributed by atoms with Crippen LogP contribution in [0.2, 0.25) is 0 Å². The van der Waals surface area contributed by atoms with Gasteiger partial charge in [-0.2, -0.15) is 0 Å². The number of amides is 1. The van der Waals surface area contributed by atoms with E-state index in [0.717, 1.165) is 5.56 Å². The zero-order valence-corrected chi connectivity index (χ0v) is 9.46. The molecule has 0 radical (unpaired) electrons. The summed E-state index contributed by atoms with van der Waals surface area (Å²) in [6, 6.07) is 4.54. The second-order valence-electron chi connectivity index (χ2n) is 3.51. The van der Waals surface area contributed by atoms with Crippen molar-refractivity contribution in [2.45, 2.75) is 13.8 Å². The molecule has 2 nitrogen and oxygen atoms in total. The van der Waals surface area contributed by atoms with Gasteiger partial charge in [0.15, 0.2) is 0 Å². The second kappa shape index (κ2) is 5.32. The van der Waals surface area contributed by atoms with Gasteiger partial charge in [0, 0.05) is 6.54 Å². The third-order valence-electron chi connectivity index (χ3n) is 2.31. The van der Waals surface area contributed by atoms with Crippen molar-refractivity contribution in [2.24, 2.45) is 0 Å². The molecule has 0 spiro atoms. The van der Waals surface area contributed by atoms with Crippen LogP contribution in [0, 0.1) is 25.1 Å². The van der Waals surface area contributed by atoms with Gasteiger partial charge in [-0.15, -0.1) is 6.42 Å². The molecule has 1 amide bonds. The van der Waals surface area contributed by atoms with E-state index in [-0.39, 0.29) is 18.0 Å². The Hall–Kier alpha value is -1.82. The van der Waals surface area contributed by atoms with Gasteiger partial charge in [-0.05, 0) is 31.5 Å². The predicted molar refractivity (Wildman–Crippen MR) is 61.5 cm³/mol. The van der Waals surface area contributed by atoms with Crippen LogP contribution >= 0.6 is 0 Å². The van der Waals surface area contributed by atoms with Crippen molar-refractivity contribution < 1.29 is 9.18 Å². The molecule has 16 heavy (non-hydrogen) atoms. The summed E-state index contributed by atoms with van der Waals surface area (Å²) in [5, 5.41) is 0. The molecule has 0 aliphatic carbocycles. The molecule has 0 aromatic heterocycles. The molecule has 1 aromatic carbocycles. The maximum absolute atomic E-state index is 13.5. The highest BCUT2D eigenvalue weighted by atomic mass is 19.1. The molecular weight excluding hydrogens is 205 g/mol. The van der Waals surface area contributed by atoms with Gasteiger partial charge in [0.1, 0.15) is 5.82 Å². The van der Waals surface area contributed by atoms with Gasteiger partial charge in [-0.25, -0.2) is 4.39 Å². The summed E-state index contributed by atoms with van der Waals surface area (Å²) in [6.45, 7) is 4.25. The topological polar surface area (TPSA) is 20.3 Å². The van der Waals surface area contributed by atoms with Crippen LogP contribution in [0.4, 0.5) is 4.39 Å². The van der Waals surface area contributed by atoms with Crippen LogP contribution in [-0.2, 0) is 0 Å². The first-order valence-corrected chi connectivity index (χ1v) is 5.09. The van der Waals surface area contributed by atoms with E-state index in [1.54, 1.807) is 19.9 Å². The zero-order chi connectivity index (χ0) is 12.1. The number of hydrogen-bond donors (Lipinski definition) is 0. The quantitative estimate of drug-likeness (QED) is 0.714. The van der Waals surface area contributed by atoms with Gasteiger partial charge in [-0.3, -0.25) is 4.79 Å². The molecule has 0 aliphatic heterocycles. The summed E-state index contributed by atoms with van der Waals surface area (Å²) in [7, 11) is 0. The summed E-state index contributed by atoms with van der Waals surface area (Å²) in [6.07, 6.45) is 5.15. The number of aryl methyl sites for hydroxylation is 1. The van der Waals surface area contributed by atoms with Crippen LogP contribution in [0.3, 0.4) is 0 Å². The molecule has 84 valence electrons. The first-order valence-electron chi connectivity index (χ1n) is 5.09. The van der Waals surface area contributed by atoms with Gasteiger partial charge in [-0.1, -0.05) is 12.0 Å². The molecule has 0 aliphatic rings. The average Bonchev–Trinajstić information content (AvgIpc) is 2.25. The Labute approximate surface area is 95.1 Å². The largest absolute Gasteiger partial charge is 0.328 e. The number of benzene rings is 1. The minimum Gasteiger partial charge on any atom is -0.328 e. The fraction of sp³-hybridized carbons (Fsp3) is 0.308. The average molecular weight is 219 g/mol. The second-order valence-corrected chi connectivity index (χ2v) is 3.51. The highest BCUT2D eigenvalue weighted by Crippen LogP contribution is 2.12. The Morgan fingerprint density at radius 1 is 1.56 bits per heavy atom. The van der Waals surface area contributed by atoms with Gasteiger partial charge in [0.05, 0.1) is 12.1 Å². The van der Waals surface area contributed by atoms with Crippen molar-refractivity contribution in [3.05, 3.63) is 35.1 Å². The molecule has 1 aromatic rings. The molecular formula is C13H14FNO. The molecule has 0 N–H and O–H groups in total. The van der Waals surface area contributed by atoms with Crippen LogP contribution in [0.5, 0.6) is 0 Å². The van der Waals surface area contributed by atoms with Gasteiger partial charge >= 0.3 is 0 Å². The fourth-order valence-corrected chi connectivity index (χ4v) is 1.40. The number of carbonyl (C=O) groups is 1. The Morgan fingerprint density at radius 2 is 2.25 bits per heavy atom. The van der Waals surface area contributed by atoms with Crippen molar-refractivity contribution in [1.82, 2.24) is 4.90 Å².